The first kappa shape index (κ1) is 9.81. The maximum atomic E-state index is 5.97. The van der Waals surface area contributed by atoms with Gasteiger partial charge in [0.2, 0.25) is 0 Å². The molecule has 0 spiro atoms. The van der Waals surface area contributed by atoms with Crippen LogP contribution in [0.3, 0.4) is 0 Å². The molecular formula is C10H20N2S. The van der Waals surface area contributed by atoms with E-state index in [1.807, 2.05) is 0 Å². The van der Waals surface area contributed by atoms with E-state index in [1.165, 1.54) is 25.0 Å². The summed E-state index contributed by atoms with van der Waals surface area (Å²) in [5.41, 5.74) is 6.28. The lowest BCUT2D eigenvalue weighted by atomic mass is 9.91. The second-order valence-corrected chi connectivity index (χ2v) is 5.86. The molecule has 0 aromatic heterocycles. The molecule has 1 aliphatic carbocycles. The number of nitrogens with zero attached hydrogens (tertiary/aromatic N) is 1. The normalized spacial score (nSPS) is 40.2. The quantitative estimate of drug-likeness (QED) is 0.744. The van der Waals surface area contributed by atoms with Crippen molar-refractivity contribution in [2.45, 2.75) is 43.0 Å². The third-order valence-corrected chi connectivity index (χ3v) is 5.19. The summed E-state index contributed by atoms with van der Waals surface area (Å²) in [5.74, 6) is 1.29. The van der Waals surface area contributed by atoms with Gasteiger partial charge in [0.15, 0.2) is 0 Å². The monoisotopic (exact) mass is 200 g/mol. The topological polar surface area (TPSA) is 29.3 Å². The molecule has 0 bridgehead atoms. The Labute approximate surface area is 85.2 Å². The summed E-state index contributed by atoms with van der Waals surface area (Å²) in [5, 5.41) is 0.711. The Hall–Kier alpha value is 0.270. The Bertz CT molecular complexity index is 193. The molecule has 2 aliphatic rings. The van der Waals surface area contributed by atoms with Gasteiger partial charge in [-0.3, -0.25) is 4.90 Å². The number of thioether (sulfide) groups is 1. The summed E-state index contributed by atoms with van der Waals surface area (Å²) in [6.45, 7) is 3.16. The predicted octanol–water partition coefficient (Wildman–Crippen LogP) is 1.30. The van der Waals surface area contributed by atoms with Crippen molar-refractivity contribution >= 4 is 11.8 Å². The first-order valence-corrected chi connectivity index (χ1v) is 6.30. The van der Waals surface area contributed by atoms with Gasteiger partial charge >= 0.3 is 0 Å². The van der Waals surface area contributed by atoms with Crippen LogP contribution in [0.2, 0.25) is 0 Å². The van der Waals surface area contributed by atoms with Crippen LogP contribution in [-0.4, -0.2) is 41.1 Å². The van der Waals surface area contributed by atoms with Crippen LogP contribution in [0.25, 0.3) is 0 Å². The lowest BCUT2D eigenvalue weighted by molar-refractivity contribution is 0.121. The summed E-state index contributed by atoms with van der Waals surface area (Å²) in [6.07, 6.45) is 4.05. The molecule has 13 heavy (non-hydrogen) atoms. The lowest BCUT2D eigenvalue weighted by Gasteiger charge is -2.41. The maximum Gasteiger partial charge on any atom is 0.0455 e. The largest absolute Gasteiger partial charge is 0.329 e. The number of hydrogen-bond donors (Lipinski definition) is 1. The van der Waals surface area contributed by atoms with E-state index < -0.39 is 0 Å². The zero-order chi connectivity index (χ0) is 9.47. The molecule has 2 rings (SSSR count). The first-order chi connectivity index (χ1) is 6.20. The molecule has 3 heteroatoms. The summed E-state index contributed by atoms with van der Waals surface area (Å²) < 4.78 is 0. The van der Waals surface area contributed by atoms with Crippen LogP contribution in [0.4, 0.5) is 0 Å². The number of likely N-dealkylation sites (N-methyl/N-ethyl adjacent to an activating group) is 1. The van der Waals surface area contributed by atoms with Gasteiger partial charge in [-0.25, -0.2) is 0 Å². The molecule has 0 amide bonds. The number of nitrogens with two attached hydrogens (primary N) is 1. The van der Waals surface area contributed by atoms with Gasteiger partial charge in [0.25, 0.3) is 0 Å². The molecule has 0 aromatic rings. The number of rotatable bonds is 3. The van der Waals surface area contributed by atoms with E-state index in [9.17, 15) is 0 Å². The summed E-state index contributed by atoms with van der Waals surface area (Å²) in [4.78, 5) is 2.57. The minimum absolute atomic E-state index is 0.311. The standard InChI is InChI=1S/C10H20N2S/c1-8-10(7-11,5-6-13-8)12(2)9-3-4-9/h8-9H,3-7,11H2,1-2H3. The van der Waals surface area contributed by atoms with Crippen LogP contribution in [-0.2, 0) is 0 Å². The van der Waals surface area contributed by atoms with Gasteiger partial charge in [-0.2, -0.15) is 11.8 Å². The summed E-state index contributed by atoms with van der Waals surface area (Å²) in [6, 6.07) is 0.838. The maximum absolute atomic E-state index is 5.97. The van der Waals surface area contributed by atoms with Crippen molar-refractivity contribution in [3.8, 4) is 0 Å². The van der Waals surface area contributed by atoms with E-state index in [-0.39, 0.29) is 0 Å². The summed E-state index contributed by atoms with van der Waals surface area (Å²) >= 11 is 2.08. The van der Waals surface area contributed by atoms with Gasteiger partial charge in [-0.1, -0.05) is 6.92 Å². The molecule has 0 radical (unpaired) electrons. The average molecular weight is 200 g/mol. The zero-order valence-electron chi connectivity index (χ0n) is 8.62. The average Bonchev–Trinajstić information content (AvgIpc) is 2.90. The minimum Gasteiger partial charge on any atom is -0.329 e. The van der Waals surface area contributed by atoms with Gasteiger partial charge < -0.3 is 5.73 Å². The third-order valence-electron chi connectivity index (χ3n) is 3.81. The smallest absolute Gasteiger partial charge is 0.0455 e. The van der Waals surface area contributed by atoms with Gasteiger partial charge in [0, 0.05) is 23.4 Å². The molecule has 2 nitrogen and oxygen atoms in total. The van der Waals surface area contributed by atoms with Crippen LogP contribution in [0.15, 0.2) is 0 Å². The van der Waals surface area contributed by atoms with Gasteiger partial charge in [-0.05, 0) is 32.1 Å². The van der Waals surface area contributed by atoms with E-state index in [4.69, 9.17) is 5.73 Å². The van der Waals surface area contributed by atoms with Crippen molar-refractivity contribution in [1.82, 2.24) is 4.90 Å². The Kier molecular flexibility index (Phi) is 2.60. The highest BCUT2D eigenvalue weighted by Gasteiger charge is 2.47. The fourth-order valence-corrected chi connectivity index (χ4v) is 3.99. The number of hydrogen-bond acceptors (Lipinski definition) is 3. The van der Waals surface area contributed by atoms with Crippen molar-refractivity contribution < 1.29 is 0 Å². The second-order valence-electron chi connectivity index (χ2n) is 4.41. The predicted molar refractivity (Wildman–Crippen MR) is 59.1 cm³/mol. The van der Waals surface area contributed by atoms with E-state index in [0.29, 0.717) is 10.8 Å². The van der Waals surface area contributed by atoms with Crippen LogP contribution in [0.5, 0.6) is 0 Å². The van der Waals surface area contributed by atoms with Gasteiger partial charge in [-0.15, -0.1) is 0 Å². The van der Waals surface area contributed by atoms with Crippen LogP contribution >= 0.6 is 11.8 Å². The Morgan fingerprint density at radius 3 is 2.62 bits per heavy atom. The Morgan fingerprint density at radius 1 is 1.54 bits per heavy atom. The molecule has 2 atom stereocenters. The fraction of sp³-hybridized carbons (Fsp3) is 1.00. The lowest BCUT2D eigenvalue weighted by Crippen LogP contribution is -2.56. The minimum atomic E-state index is 0.311. The van der Waals surface area contributed by atoms with Crippen LogP contribution < -0.4 is 5.73 Å². The molecule has 2 N–H and O–H groups in total. The highest BCUT2D eigenvalue weighted by Crippen LogP contribution is 2.43. The molecular weight excluding hydrogens is 180 g/mol. The van der Waals surface area contributed by atoms with Crippen LogP contribution in [0, 0.1) is 0 Å². The third kappa shape index (κ3) is 1.51. The Balaban J connectivity index is 2.12. The van der Waals surface area contributed by atoms with E-state index in [1.54, 1.807) is 0 Å². The fourth-order valence-electron chi connectivity index (χ4n) is 2.47. The Morgan fingerprint density at radius 2 is 2.23 bits per heavy atom. The zero-order valence-corrected chi connectivity index (χ0v) is 9.44. The van der Waals surface area contributed by atoms with Crippen molar-refractivity contribution in [2.75, 3.05) is 19.3 Å². The molecule has 0 aromatic carbocycles. The molecule has 1 aliphatic heterocycles. The van der Waals surface area contributed by atoms with E-state index in [0.717, 1.165) is 12.6 Å². The van der Waals surface area contributed by atoms with E-state index >= 15 is 0 Å². The molecule has 1 heterocycles. The summed E-state index contributed by atoms with van der Waals surface area (Å²) in [7, 11) is 2.27. The SMILES string of the molecule is CC1SCCC1(CN)N(C)C1CC1. The second kappa shape index (κ2) is 3.44. The van der Waals surface area contributed by atoms with Crippen LogP contribution in [0.1, 0.15) is 26.2 Å². The van der Waals surface area contributed by atoms with Crippen molar-refractivity contribution in [3.63, 3.8) is 0 Å². The molecule has 1 saturated heterocycles. The van der Waals surface area contributed by atoms with E-state index in [2.05, 4.69) is 30.6 Å². The van der Waals surface area contributed by atoms with Crippen molar-refractivity contribution in [2.24, 2.45) is 5.73 Å². The highest BCUT2D eigenvalue weighted by atomic mass is 32.2. The van der Waals surface area contributed by atoms with Gasteiger partial charge in [0.1, 0.15) is 0 Å². The molecule has 1 saturated carbocycles. The first-order valence-electron chi connectivity index (χ1n) is 5.25. The molecule has 2 fully saturated rings. The van der Waals surface area contributed by atoms with Crippen molar-refractivity contribution in [1.29, 1.82) is 0 Å². The highest BCUT2D eigenvalue weighted by molar-refractivity contribution is 8.00. The molecule has 76 valence electrons. The van der Waals surface area contributed by atoms with Crippen molar-refractivity contribution in [3.05, 3.63) is 0 Å². The van der Waals surface area contributed by atoms with Gasteiger partial charge in [0.05, 0.1) is 0 Å². The molecule has 2 unspecified atom stereocenters.